The molecule has 4 aromatic rings. The molecule has 1 N–H and O–H groups in total. The first-order chi connectivity index (χ1) is 14.9. The van der Waals surface area contributed by atoms with E-state index in [-0.39, 0.29) is 5.91 Å². The zero-order valence-electron chi connectivity index (χ0n) is 17.8. The second-order valence-electron chi connectivity index (χ2n) is 8.99. The second kappa shape index (κ2) is 8.15. The molecule has 1 aromatic carbocycles. The zero-order chi connectivity index (χ0) is 21.6. The van der Waals surface area contributed by atoms with Crippen LogP contribution in [-0.2, 0) is 17.6 Å². The number of carbonyl (C=O) groups is 1. The SMILES string of the molecule is CC(C)(C)[C@@H]1CCc2c(sc3ncnc(SCC(=O)Nc4nc5ccccc5s4)c23)C1. The molecule has 0 fully saturated rings. The Labute approximate surface area is 193 Å². The number of benzene rings is 1. The van der Waals surface area contributed by atoms with Crippen molar-refractivity contribution in [3.05, 3.63) is 41.0 Å². The largest absolute Gasteiger partial charge is 0.301 e. The number of hydrogen-bond acceptors (Lipinski definition) is 7. The highest BCUT2D eigenvalue weighted by atomic mass is 32.2. The standard InChI is InChI=1S/C23H24N4OS3/c1-23(2,3)13-8-9-14-17(10-13)30-21-19(14)20(24-12-25-21)29-11-18(28)27-22-26-15-6-4-5-7-16(15)31-22/h4-7,12-13H,8-11H2,1-3H3,(H,26,27,28)/t13-/m1/s1. The van der Waals surface area contributed by atoms with Crippen LogP contribution in [0.3, 0.4) is 0 Å². The van der Waals surface area contributed by atoms with Gasteiger partial charge in [0.25, 0.3) is 0 Å². The van der Waals surface area contributed by atoms with Crippen molar-refractivity contribution in [3.8, 4) is 0 Å². The fourth-order valence-corrected chi connectivity index (χ4v) is 7.18. The molecule has 1 aliphatic rings. The number of carbonyl (C=O) groups excluding carboxylic acids is 1. The number of rotatable bonds is 4. The van der Waals surface area contributed by atoms with Crippen LogP contribution >= 0.6 is 34.4 Å². The number of amides is 1. The van der Waals surface area contributed by atoms with Crippen LogP contribution in [0.4, 0.5) is 5.13 Å². The van der Waals surface area contributed by atoms with Gasteiger partial charge < -0.3 is 5.32 Å². The van der Waals surface area contributed by atoms with Crippen LogP contribution in [0, 0.1) is 11.3 Å². The monoisotopic (exact) mass is 468 g/mol. The molecular weight excluding hydrogens is 444 g/mol. The molecule has 1 atom stereocenters. The van der Waals surface area contributed by atoms with Crippen LogP contribution in [0.2, 0.25) is 0 Å². The first-order valence-corrected chi connectivity index (χ1v) is 13.0. The van der Waals surface area contributed by atoms with Crippen molar-refractivity contribution in [2.45, 2.75) is 45.1 Å². The summed E-state index contributed by atoms with van der Waals surface area (Å²) in [5.74, 6) is 0.932. The molecule has 3 aromatic heterocycles. The van der Waals surface area contributed by atoms with Crippen LogP contribution in [-0.4, -0.2) is 26.6 Å². The minimum atomic E-state index is -0.0623. The quantitative estimate of drug-likeness (QED) is 0.286. The van der Waals surface area contributed by atoms with Gasteiger partial charge in [0.05, 0.1) is 16.0 Å². The lowest BCUT2D eigenvalue weighted by Crippen LogP contribution is -2.26. The minimum Gasteiger partial charge on any atom is -0.301 e. The highest BCUT2D eigenvalue weighted by Gasteiger charge is 2.31. The summed E-state index contributed by atoms with van der Waals surface area (Å²) < 4.78 is 1.07. The molecule has 0 aliphatic heterocycles. The molecule has 0 unspecified atom stereocenters. The highest BCUT2D eigenvalue weighted by Crippen LogP contribution is 2.44. The van der Waals surface area contributed by atoms with Gasteiger partial charge in [-0.2, -0.15) is 0 Å². The molecule has 0 saturated carbocycles. The third-order valence-electron chi connectivity index (χ3n) is 5.92. The number of nitrogens with zero attached hydrogens (tertiary/aromatic N) is 3. The number of nitrogens with one attached hydrogen (secondary N) is 1. The van der Waals surface area contributed by atoms with Crippen LogP contribution in [0.5, 0.6) is 0 Å². The Balaban J connectivity index is 1.32. The molecule has 1 amide bonds. The average molecular weight is 469 g/mol. The van der Waals surface area contributed by atoms with Gasteiger partial charge in [0.2, 0.25) is 5.91 Å². The van der Waals surface area contributed by atoms with Crippen molar-refractivity contribution in [2.75, 3.05) is 11.1 Å². The van der Waals surface area contributed by atoms with E-state index in [9.17, 15) is 4.79 Å². The van der Waals surface area contributed by atoms with E-state index in [0.717, 1.165) is 38.3 Å². The van der Waals surface area contributed by atoms with Gasteiger partial charge in [-0.05, 0) is 48.3 Å². The summed E-state index contributed by atoms with van der Waals surface area (Å²) in [7, 11) is 0. The molecule has 160 valence electrons. The van der Waals surface area contributed by atoms with E-state index in [4.69, 9.17) is 0 Å². The topological polar surface area (TPSA) is 67.8 Å². The van der Waals surface area contributed by atoms with E-state index in [1.807, 2.05) is 24.3 Å². The molecular formula is C23H24N4OS3. The Morgan fingerprint density at radius 2 is 2.06 bits per heavy atom. The Hall–Kier alpha value is -2.03. The lowest BCUT2D eigenvalue weighted by atomic mass is 9.72. The van der Waals surface area contributed by atoms with Crippen molar-refractivity contribution in [3.63, 3.8) is 0 Å². The van der Waals surface area contributed by atoms with E-state index in [1.165, 1.54) is 40.0 Å². The highest BCUT2D eigenvalue weighted by molar-refractivity contribution is 8.00. The van der Waals surface area contributed by atoms with Crippen LogP contribution in [0.1, 0.15) is 37.6 Å². The summed E-state index contributed by atoms with van der Waals surface area (Å²) in [4.78, 5) is 28.6. The maximum atomic E-state index is 12.6. The number of thioether (sulfide) groups is 1. The smallest absolute Gasteiger partial charge is 0.236 e. The predicted octanol–water partition coefficient (Wildman–Crippen LogP) is 6.18. The molecule has 5 nitrogen and oxygen atoms in total. The van der Waals surface area contributed by atoms with Crippen LogP contribution in [0.25, 0.3) is 20.4 Å². The summed E-state index contributed by atoms with van der Waals surface area (Å²) in [6, 6.07) is 7.90. The molecule has 8 heteroatoms. The molecule has 0 spiro atoms. The molecule has 0 radical (unpaired) electrons. The van der Waals surface area contributed by atoms with Crippen molar-refractivity contribution in [1.29, 1.82) is 0 Å². The van der Waals surface area contributed by atoms with Gasteiger partial charge in [0, 0.05) is 10.3 Å². The molecule has 5 rings (SSSR count). The first kappa shape index (κ1) is 20.8. The Kier molecular flexibility index (Phi) is 5.48. The number of fused-ring (bicyclic) bond motifs is 4. The van der Waals surface area contributed by atoms with Gasteiger partial charge >= 0.3 is 0 Å². The van der Waals surface area contributed by atoms with Crippen molar-refractivity contribution in [1.82, 2.24) is 15.0 Å². The molecule has 0 saturated heterocycles. The summed E-state index contributed by atoms with van der Waals surface area (Å²) >= 11 is 4.78. The third kappa shape index (κ3) is 4.21. The van der Waals surface area contributed by atoms with Crippen LogP contribution in [0.15, 0.2) is 35.6 Å². The fourth-order valence-electron chi connectivity index (χ4n) is 4.14. The number of hydrogen-bond donors (Lipinski definition) is 1. The first-order valence-electron chi connectivity index (χ1n) is 10.4. The number of thiophene rings is 1. The van der Waals surface area contributed by atoms with Crippen molar-refractivity contribution < 1.29 is 4.79 Å². The Morgan fingerprint density at radius 1 is 1.23 bits per heavy atom. The number of para-hydroxylation sites is 1. The number of aromatic nitrogens is 3. The fraction of sp³-hybridized carbons (Fsp3) is 0.391. The Bertz CT molecular complexity index is 1240. The lowest BCUT2D eigenvalue weighted by molar-refractivity contribution is -0.113. The predicted molar refractivity (Wildman–Crippen MR) is 131 cm³/mol. The van der Waals surface area contributed by atoms with E-state index in [0.29, 0.717) is 22.2 Å². The van der Waals surface area contributed by atoms with Gasteiger partial charge in [-0.25, -0.2) is 15.0 Å². The summed E-state index contributed by atoms with van der Waals surface area (Å²) in [6.07, 6.45) is 5.00. The normalized spacial score (nSPS) is 16.5. The van der Waals surface area contributed by atoms with Gasteiger partial charge in [0.15, 0.2) is 5.13 Å². The molecule has 3 heterocycles. The second-order valence-corrected chi connectivity index (χ2v) is 12.1. The number of aryl methyl sites for hydroxylation is 1. The van der Waals surface area contributed by atoms with Crippen molar-refractivity contribution in [2.24, 2.45) is 11.3 Å². The van der Waals surface area contributed by atoms with Gasteiger partial charge in [-0.1, -0.05) is 56.0 Å². The van der Waals surface area contributed by atoms with E-state index in [2.05, 4.69) is 41.0 Å². The number of anilines is 1. The lowest BCUT2D eigenvalue weighted by Gasteiger charge is -2.33. The molecule has 1 aliphatic carbocycles. The average Bonchev–Trinajstić information content (AvgIpc) is 3.31. The third-order valence-corrected chi connectivity index (χ3v) is 9.02. The summed E-state index contributed by atoms with van der Waals surface area (Å²) in [6.45, 7) is 7.00. The Morgan fingerprint density at radius 3 is 2.87 bits per heavy atom. The van der Waals surface area contributed by atoms with Crippen molar-refractivity contribution >= 4 is 65.9 Å². The summed E-state index contributed by atoms with van der Waals surface area (Å²) in [5.41, 5.74) is 2.62. The van der Waals surface area contributed by atoms with E-state index in [1.54, 1.807) is 17.7 Å². The maximum Gasteiger partial charge on any atom is 0.236 e. The number of thiazole rings is 1. The van der Waals surface area contributed by atoms with E-state index < -0.39 is 0 Å². The zero-order valence-corrected chi connectivity index (χ0v) is 20.2. The van der Waals surface area contributed by atoms with E-state index >= 15 is 0 Å². The van der Waals surface area contributed by atoms with Gasteiger partial charge in [-0.3, -0.25) is 4.79 Å². The van der Waals surface area contributed by atoms with Gasteiger partial charge in [0.1, 0.15) is 16.2 Å². The minimum absolute atomic E-state index is 0.0623. The molecule has 0 bridgehead atoms. The molecule has 31 heavy (non-hydrogen) atoms. The van der Waals surface area contributed by atoms with Gasteiger partial charge in [-0.15, -0.1) is 11.3 Å². The summed E-state index contributed by atoms with van der Waals surface area (Å²) in [5, 5.41) is 5.65. The maximum absolute atomic E-state index is 12.6. The van der Waals surface area contributed by atoms with Crippen LogP contribution < -0.4 is 5.32 Å².